The highest BCUT2D eigenvalue weighted by Gasteiger charge is 2.24. The van der Waals surface area contributed by atoms with E-state index in [2.05, 4.69) is 4.98 Å². The van der Waals surface area contributed by atoms with Crippen molar-refractivity contribution < 1.29 is 12.8 Å². The third kappa shape index (κ3) is 2.91. The van der Waals surface area contributed by atoms with E-state index >= 15 is 0 Å². The molecular formula is C20H14ClFN2O2S. The predicted molar refractivity (Wildman–Crippen MR) is 104 cm³/mol. The van der Waals surface area contributed by atoms with E-state index in [0.29, 0.717) is 16.0 Å². The molecular weight excluding hydrogens is 387 g/mol. The van der Waals surface area contributed by atoms with Crippen LogP contribution in [0.1, 0.15) is 5.56 Å². The molecule has 4 rings (SSSR count). The lowest BCUT2D eigenvalue weighted by atomic mass is 10.1. The van der Waals surface area contributed by atoms with Crippen LogP contribution in [0.5, 0.6) is 0 Å². The molecule has 4 aromatic rings. The number of fused-ring (bicyclic) bond motifs is 1. The summed E-state index contributed by atoms with van der Waals surface area (Å²) in [6.45, 7) is 1.87. The summed E-state index contributed by atoms with van der Waals surface area (Å²) < 4.78 is 41.8. The van der Waals surface area contributed by atoms with Gasteiger partial charge in [0.15, 0.2) is 5.65 Å². The van der Waals surface area contributed by atoms with Crippen molar-refractivity contribution in [1.29, 1.82) is 0 Å². The number of nitrogens with zero attached hydrogens (tertiary/aromatic N) is 2. The van der Waals surface area contributed by atoms with Gasteiger partial charge in [0, 0.05) is 28.9 Å². The summed E-state index contributed by atoms with van der Waals surface area (Å²) in [5.74, 6) is -0.468. The van der Waals surface area contributed by atoms with E-state index in [1.165, 1.54) is 30.6 Å². The number of aryl methyl sites for hydroxylation is 1. The van der Waals surface area contributed by atoms with Crippen molar-refractivity contribution in [2.75, 3.05) is 0 Å². The van der Waals surface area contributed by atoms with Crippen LogP contribution in [0.25, 0.3) is 22.2 Å². The molecule has 0 spiro atoms. The number of pyridine rings is 1. The number of aromatic nitrogens is 2. The minimum absolute atomic E-state index is 0.117. The summed E-state index contributed by atoms with van der Waals surface area (Å²) in [5, 5.41) is 0.691. The Morgan fingerprint density at radius 3 is 2.41 bits per heavy atom. The summed E-state index contributed by atoms with van der Waals surface area (Å²) in [6.07, 6.45) is 2.80. The van der Waals surface area contributed by atoms with Crippen molar-refractivity contribution in [2.24, 2.45) is 0 Å². The Hall–Kier alpha value is -2.70. The maximum Gasteiger partial charge on any atom is 0.269 e. The molecule has 4 nitrogen and oxygen atoms in total. The molecule has 0 atom stereocenters. The highest BCUT2D eigenvalue weighted by atomic mass is 35.5. The Labute approximate surface area is 160 Å². The zero-order valence-corrected chi connectivity index (χ0v) is 15.8. The van der Waals surface area contributed by atoms with Gasteiger partial charge in [-0.25, -0.2) is 21.8 Å². The van der Waals surface area contributed by atoms with Crippen molar-refractivity contribution in [1.82, 2.24) is 8.96 Å². The minimum atomic E-state index is -3.93. The normalized spacial score (nSPS) is 11.8. The maximum absolute atomic E-state index is 14.4. The van der Waals surface area contributed by atoms with Crippen LogP contribution in [0, 0.1) is 12.7 Å². The van der Waals surface area contributed by atoms with Gasteiger partial charge >= 0.3 is 0 Å². The summed E-state index contributed by atoms with van der Waals surface area (Å²) in [7, 11) is -3.93. The molecule has 0 bridgehead atoms. The molecule has 2 heterocycles. The molecule has 136 valence electrons. The topological polar surface area (TPSA) is 52.0 Å². The maximum atomic E-state index is 14.4. The monoisotopic (exact) mass is 400 g/mol. The lowest BCUT2D eigenvalue weighted by Crippen LogP contribution is -2.12. The average molecular weight is 401 g/mol. The molecule has 27 heavy (non-hydrogen) atoms. The van der Waals surface area contributed by atoms with Crippen LogP contribution >= 0.6 is 11.6 Å². The fraction of sp³-hybridized carbons (Fsp3) is 0.0500. The zero-order chi connectivity index (χ0) is 19.2. The Balaban J connectivity index is 2.05. The van der Waals surface area contributed by atoms with Crippen LogP contribution in [-0.2, 0) is 10.0 Å². The molecule has 0 unspecified atom stereocenters. The molecule has 0 radical (unpaired) electrons. The number of halogens is 2. The van der Waals surface area contributed by atoms with E-state index in [9.17, 15) is 12.8 Å². The smallest absolute Gasteiger partial charge is 0.237 e. The van der Waals surface area contributed by atoms with Gasteiger partial charge in [0.1, 0.15) is 5.82 Å². The Bertz CT molecular complexity index is 1270. The van der Waals surface area contributed by atoms with Gasteiger partial charge in [-0.3, -0.25) is 0 Å². The van der Waals surface area contributed by atoms with E-state index in [1.807, 2.05) is 6.92 Å². The molecule has 0 fully saturated rings. The van der Waals surface area contributed by atoms with Gasteiger partial charge in [-0.05, 0) is 31.2 Å². The van der Waals surface area contributed by atoms with Crippen molar-refractivity contribution in [3.05, 3.63) is 83.4 Å². The number of hydrogen-bond acceptors (Lipinski definition) is 3. The van der Waals surface area contributed by atoms with Gasteiger partial charge in [0.05, 0.1) is 9.92 Å². The fourth-order valence-corrected chi connectivity index (χ4v) is 4.54. The predicted octanol–water partition coefficient (Wildman–Crippen LogP) is 5.04. The standard InChI is InChI=1S/C20H14ClFN2O2S/c1-13-6-8-14(9-7-13)27(25,26)24-12-16(15-4-2-3-5-18(15)22)19-17(21)10-11-23-20(19)24/h2-12H,1H3. The molecule has 0 N–H and O–H groups in total. The van der Waals surface area contributed by atoms with Gasteiger partial charge in [-0.15, -0.1) is 0 Å². The van der Waals surface area contributed by atoms with E-state index in [4.69, 9.17) is 11.6 Å². The largest absolute Gasteiger partial charge is 0.269 e. The van der Waals surface area contributed by atoms with Crippen molar-refractivity contribution in [3.8, 4) is 11.1 Å². The van der Waals surface area contributed by atoms with Crippen LogP contribution in [0.15, 0.2) is 71.9 Å². The first-order chi connectivity index (χ1) is 12.9. The fourth-order valence-electron chi connectivity index (χ4n) is 2.98. The van der Waals surface area contributed by atoms with Gasteiger partial charge in [-0.2, -0.15) is 0 Å². The van der Waals surface area contributed by atoms with E-state index in [1.54, 1.807) is 36.4 Å². The zero-order valence-electron chi connectivity index (χ0n) is 14.2. The first-order valence-corrected chi connectivity index (χ1v) is 9.94. The van der Waals surface area contributed by atoms with Crippen LogP contribution < -0.4 is 0 Å². The quantitative estimate of drug-likeness (QED) is 0.484. The van der Waals surface area contributed by atoms with Crippen LogP contribution in [-0.4, -0.2) is 17.4 Å². The van der Waals surface area contributed by atoms with Crippen LogP contribution in [0.2, 0.25) is 5.02 Å². The second kappa shape index (κ2) is 6.48. The third-order valence-corrected chi connectivity index (χ3v) is 6.33. The minimum Gasteiger partial charge on any atom is -0.237 e. The Morgan fingerprint density at radius 1 is 1.00 bits per heavy atom. The van der Waals surface area contributed by atoms with Gasteiger partial charge in [0.25, 0.3) is 10.0 Å². The molecule has 7 heteroatoms. The van der Waals surface area contributed by atoms with Crippen LogP contribution in [0.3, 0.4) is 0 Å². The molecule has 2 aromatic carbocycles. The second-order valence-corrected chi connectivity index (χ2v) is 8.35. The van der Waals surface area contributed by atoms with Crippen molar-refractivity contribution in [2.45, 2.75) is 11.8 Å². The van der Waals surface area contributed by atoms with Gasteiger partial charge in [0.2, 0.25) is 0 Å². The number of rotatable bonds is 3. The van der Waals surface area contributed by atoms with Gasteiger partial charge in [-0.1, -0.05) is 47.5 Å². The molecule has 2 aromatic heterocycles. The van der Waals surface area contributed by atoms with E-state index in [-0.39, 0.29) is 16.1 Å². The highest BCUT2D eigenvalue weighted by Crippen LogP contribution is 2.37. The molecule has 0 aliphatic carbocycles. The number of hydrogen-bond donors (Lipinski definition) is 0. The van der Waals surface area contributed by atoms with E-state index in [0.717, 1.165) is 9.54 Å². The first kappa shape index (κ1) is 17.7. The summed E-state index contributed by atoms with van der Waals surface area (Å²) >= 11 is 6.32. The van der Waals surface area contributed by atoms with Crippen LogP contribution in [0.4, 0.5) is 4.39 Å². The van der Waals surface area contributed by atoms with Crippen molar-refractivity contribution in [3.63, 3.8) is 0 Å². The highest BCUT2D eigenvalue weighted by molar-refractivity contribution is 7.90. The summed E-state index contributed by atoms with van der Waals surface area (Å²) in [4.78, 5) is 4.32. The lowest BCUT2D eigenvalue weighted by Gasteiger charge is -2.07. The second-order valence-electron chi connectivity index (χ2n) is 6.13. The third-order valence-electron chi connectivity index (χ3n) is 4.35. The number of benzene rings is 2. The molecule has 0 saturated heterocycles. The van der Waals surface area contributed by atoms with Crippen molar-refractivity contribution >= 4 is 32.7 Å². The Morgan fingerprint density at radius 2 is 1.70 bits per heavy atom. The molecule has 0 aliphatic rings. The van der Waals surface area contributed by atoms with E-state index < -0.39 is 15.8 Å². The molecule has 0 amide bonds. The summed E-state index contributed by atoms with van der Waals surface area (Å²) in [5.41, 5.74) is 1.73. The average Bonchev–Trinajstić information content (AvgIpc) is 3.04. The first-order valence-electron chi connectivity index (χ1n) is 8.12. The SMILES string of the molecule is Cc1ccc(S(=O)(=O)n2cc(-c3ccccc3F)c3c(Cl)ccnc32)cc1. The molecule has 0 aliphatic heterocycles. The molecule has 0 saturated carbocycles. The Kier molecular flexibility index (Phi) is 4.25. The summed E-state index contributed by atoms with van der Waals surface area (Å²) in [6, 6.07) is 14.2. The lowest BCUT2D eigenvalue weighted by molar-refractivity contribution is 0.588. The van der Waals surface area contributed by atoms with Gasteiger partial charge < -0.3 is 0 Å².